The van der Waals surface area contributed by atoms with E-state index in [9.17, 15) is 0 Å². The zero-order chi connectivity index (χ0) is 17.0. The van der Waals surface area contributed by atoms with Crippen LogP contribution in [0.3, 0.4) is 0 Å². The van der Waals surface area contributed by atoms with E-state index in [2.05, 4.69) is 168 Å². The lowest BCUT2D eigenvalue weighted by Gasteiger charge is -2.60. The Bertz CT molecular complexity index is 297. The first-order valence-electron chi connectivity index (χ1n) is 6.69. The lowest BCUT2D eigenvalue weighted by Crippen LogP contribution is -2.90. The molecule has 1 unspecified atom stereocenters. The molecule has 1 atom stereocenters. The molecular weight excluding hydrogens is 911 g/mol. The molecule has 0 spiro atoms. The van der Waals surface area contributed by atoms with Gasteiger partial charge < -0.3 is 0 Å². The van der Waals surface area contributed by atoms with Gasteiger partial charge in [-0.1, -0.05) is 124 Å². The zero-order valence-corrected chi connectivity index (χ0v) is 30.7. The van der Waals surface area contributed by atoms with Gasteiger partial charge in [0.25, 0.3) is 0 Å². The van der Waals surface area contributed by atoms with E-state index in [-0.39, 0.29) is 0 Å². The maximum absolute atomic E-state index is 3.19. The molecule has 122 valence electrons. The molecule has 0 bridgehead atoms. The van der Waals surface area contributed by atoms with E-state index in [1.165, 1.54) is 0 Å². The van der Waals surface area contributed by atoms with Gasteiger partial charge in [0, 0.05) is 22.8 Å². The number of hydrogen-bond donors (Lipinski definition) is 0. The van der Waals surface area contributed by atoms with Gasteiger partial charge in [-0.25, -0.2) is 0 Å². The van der Waals surface area contributed by atoms with Crippen molar-refractivity contribution >= 4 is 140 Å². The highest BCUT2D eigenvalue weighted by Gasteiger charge is 2.76. The topological polar surface area (TPSA) is 0 Å². The first-order chi connectivity index (χ1) is 8.25. The summed E-state index contributed by atoms with van der Waals surface area (Å²) in [6.07, 6.45) is 0. The first-order valence-corrected chi connectivity index (χ1v) is 43.8. The van der Waals surface area contributed by atoms with Gasteiger partial charge in [-0.2, -0.15) is 0 Å². The van der Waals surface area contributed by atoms with Crippen molar-refractivity contribution in [3.63, 3.8) is 0 Å². The molecule has 0 rings (SSSR count). The molecule has 0 saturated carbocycles. The Kier molecular flexibility index (Phi) is 9.39. The smallest absolute Gasteiger partial charge is 0.128 e. The predicted molar refractivity (Wildman–Crippen MR) is 157 cm³/mol. The molecular formula is C9H27I5Si6. The van der Waals surface area contributed by atoms with E-state index >= 15 is 0 Å². The zero-order valence-electron chi connectivity index (χ0n) is 13.9. The Hall–Kier alpha value is 4.95. The standard InChI is InChI=1S/C9H27I5Si6/c1-15(2,3)19(13,16(4,5)6)20(14,17(7,8)9)18(10,11)12/h1-9H3. The van der Waals surface area contributed by atoms with E-state index in [0.29, 0.717) is 0 Å². The second-order valence-electron chi connectivity index (χ2n) is 8.56. The molecule has 0 N–H and O–H groups in total. The summed E-state index contributed by atoms with van der Waals surface area (Å²) in [5, 5.41) is 0. The molecule has 0 aliphatic carbocycles. The fourth-order valence-electron chi connectivity index (χ4n) is 3.30. The third-order valence-corrected chi connectivity index (χ3v) is 276. The van der Waals surface area contributed by atoms with E-state index < -0.39 is 31.1 Å². The van der Waals surface area contributed by atoms with Crippen LogP contribution in [0.2, 0.25) is 58.9 Å². The fourth-order valence-corrected chi connectivity index (χ4v) is 418. The molecule has 0 radical (unpaired) electrons. The van der Waals surface area contributed by atoms with E-state index in [4.69, 9.17) is 0 Å². The Morgan fingerprint density at radius 1 is 0.400 bits per heavy atom. The summed E-state index contributed by atoms with van der Waals surface area (Å²) < 4.78 is -3.60. The van der Waals surface area contributed by atoms with Crippen LogP contribution in [-0.2, 0) is 0 Å². The summed E-state index contributed by atoms with van der Waals surface area (Å²) in [5.41, 5.74) is 0. The molecule has 0 saturated heterocycles. The summed E-state index contributed by atoms with van der Waals surface area (Å²) in [6, 6.07) is 0. The largest absolute Gasteiger partial charge is 0.248 e. The summed E-state index contributed by atoms with van der Waals surface area (Å²) >= 11 is 15.3. The molecule has 0 amide bonds. The maximum atomic E-state index is 3.19. The molecule has 0 aromatic carbocycles. The third kappa shape index (κ3) is 4.43. The highest BCUT2D eigenvalue weighted by Crippen LogP contribution is 2.57. The van der Waals surface area contributed by atoms with Crippen molar-refractivity contribution in [2.24, 2.45) is 0 Å². The van der Waals surface area contributed by atoms with Gasteiger partial charge in [0.2, 0.25) is 0.0813 Å². The molecule has 0 fully saturated rings. The monoisotopic (exact) mass is 938 g/mol. The van der Waals surface area contributed by atoms with Gasteiger partial charge in [0.1, 0.15) is 8.25 Å². The van der Waals surface area contributed by atoms with Crippen molar-refractivity contribution in [1.82, 2.24) is 0 Å². The summed E-state index contributed by atoms with van der Waals surface area (Å²) in [7, 11) is -3.32. The van der Waals surface area contributed by atoms with Crippen LogP contribution in [0.1, 0.15) is 0 Å². The predicted octanol–water partition coefficient (Wildman–Crippen LogP) is 7.40. The molecule has 0 aromatic heterocycles. The van der Waals surface area contributed by atoms with E-state index in [1.807, 2.05) is 0 Å². The summed E-state index contributed by atoms with van der Waals surface area (Å²) in [6.45, 7) is 24.4. The van der Waals surface area contributed by atoms with Crippen LogP contribution in [0, 0.1) is 0 Å². The van der Waals surface area contributed by atoms with E-state index in [0.717, 1.165) is 0 Å². The minimum atomic E-state index is -1.22. The molecule has 0 heterocycles. The Morgan fingerprint density at radius 3 is 0.650 bits per heavy atom. The molecule has 0 aromatic rings. The van der Waals surface area contributed by atoms with Gasteiger partial charge in [-0.05, 0) is 0 Å². The SMILES string of the molecule is C[Si](C)(C)[Si](I)([Si](C)(C)C)[Si](I)([Si](C)(C)C)[Si](I)(I)I. The molecule has 11 heteroatoms. The number of hydrogen-bond acceptors (Lipinski definition) is 0. The van der Waals surface area contributed by atoms with Crippen molar-refractivity contribution in [2.75, 3.05) is 0 Å². The highest BCUT2D eigenvalue weighted by atomic mass is 127. The van der Waals surface area contributed by atoms with Gasteiger partial charge in [0.05, 0.1) is 0 Å². The van der Waals surface area contributed by atoms with Crippen LogP contribution in [0.4, 0.5) is 0 Å². The van der Waals surface area contributed by atoms with Crippen LogP contribution >= 0.6 is 109 Å². The lowest BCUT2D eigenvalue weighted by atomic mass is 11.8. The second kappa shape index (κ2) is 7.52. The van der Waals surface area contributed by atoms with Crippen molar-refractivity contribution < 1.29 is 0 Å². The van der Waals surface area contributed by atoms with Gasteiger partial charge in [-0.15, -0.1) is 43.6 Å². The molecule has 20 heavy (non-hydrogen) atoms. The fraction of sp³-hybridized carbons (Fsp3) is 1.00. The number of rotatable bonds is 5. The minimum absolute atomic E-state index is 1.10. The quantitative estimate of drug-likeness (QED) is 0.153. The van der Waals surface area contributed by atoms with E-state index in [1.54, 1.807) is 0 Å². The third-order valence-electron chi connectivity index (χ3n) is 3.97. The van der Waals surface area contributed by atoms with Crippen molar-refractivity contribution in [2.45, 2.75) is 58.9 Å². The van der Waals surface area contributed by atoms with Crippen LogP contribution in [0.5, 0.6) is 0 Å². The van der Waals surface area contributed by atoms with Crippen LogP contribution in [-0.4, -0.2) is 31.1 Å². The molecule has 0 nitrogen and oxygen atoms in total. The summed E-state index contributed by atoms with van der Waals surface area (Å²) in [5.74, 6) is 0. The van der Waals surface area contributed by atoms with Crippen LogP contribution in [0.15, 0.2) is 0 Å². The van der Waals surface area contributed by atoms with Crippen molar-refractivity contribution in [3.8, 4) is 0 Å². The van der Waals surface area contributed by atoms with Crippen molar-refractivity contribution in [3.05, 3.63) is 0 Å². The van der Waals surface area contributed by atoms with Gasteiger partial charge in [-0.3, -0.25) is 0 Å². The normalized spacial score (nSPS) is 18.9. The average molecular weight is 938 g/mol. The second-order valence-corrected chi connectivity index (χ2v) is 134. The molecule has 0 aliphatic heterocycles. The lowest BCUT2D eigenvalue weighted by molar-refractivity contribution is 1.80. The Morgan fingerprint density at radius 2 is 0.600 bits per heavy atom. The van der Waals surface area contributed by atoms with Gasteiger partial charge >= 0.3 is 0 Å². The highest BCUT2D eigenvalue weighted by molar-refractivity contribution is 14.4. The minimum Gasteiger partial charge on any atom is -0.128 e. The number of halogens is 5. The first kappa shape index (κ1) is 25.0. The van der Waals surface area contributed by atoms with Crippen LogP contribution in [0.25, 0.3) is 0 Å². The maximum Gasteiger partial charge on any atom is 0.248 e. The average Bonchev–Trinajstić information content (AvgIpc) is 2.07. The molecule has 0 aliphatic rings. The Balaban J connectivity index is 6.71. The van der Waals surface area contributed by atoms with Gasteiger partial charge in [0.15, 0.2) is 0 Å². The van der Waals surface area contributed by atoms with Crippen LogP contribution < -0.4 is 0 Å². The van der Waals surface area contributed by atoms with Crippen molar-refractivity contribution in [1.29, 1.82) is 0 Å². The summed E-state index contributed by atoms with van der Waals surface area (Å²) in [4.78, 5) is 0. The Labute approximate surface area is 195 Å².